The van der Waals surface area contributed by atoms with Gasteiger partial charge in [-0.3, -0.25) is 4.79 Å². The lowest BCUT2D eigenvalue weighted by atomic mass is 9.81. The summed E-state index contributed by atoms with van der Waals surface area (Å²) in [6.45, 7) is 14.3. The van der Waals surface area contributed by atoms with Gasteiger partial charge in [-0.05, 0) is 78.5 Å². The summed E-state index contributed by atoms with van der Waals surface area (Å²) in [4.78, 5) is 18.1. The van der Waals surface area contributed by atoms with Crippen molar-refractivity contribution in [3.8, 4) is 5.75 Å². The maximum Gasteiger partial charge on any atom is 0.254 e. The predicted octanol–water partition coefficient (Wildman–Crippen LogP) is 4.75. The Labute approximate surface area is 203 Å². The number of hydrogen-bond donors (Lipinski definition) is 0. The maximum atomic E-state index is 13.6. The third kappa shape index (κ3) is 5.31. The number of aromatic nitrogens is 1. The molecule has 0 saturated carbocycles. The van der Waals surface area contributed by atoms with Crippen molar-refractivity contribution in [1.29, 1.82) is 0 Å². The molecule has 2 saturated heterocycles. The van der Waals surface area contributed by atoms with E-state index in [4.69, 9.17) is 14.0 Å². The standard InChI is InChI=1S/C27H39N3O4/c1-6-30(23-10-15-33-27(17-23)11-13-29(14-12-27)19(2)3)26(31)22-8-7-9-24(16-22)32-18-25-20(4)28-34-21(25)5/h7-9,16,19,23H,6,10-15,17-18H2,1-5H3. The van der Waals surface area contributed by atoms with E-state index in [-0.39, 0.29) is 17.6 Å². The van der Waals surface area contributed by atoms with E-state index >= 15 is 0 Å². The normalized spacial score (nSPS) is 20.6. The number of rotatable bonds is 7. The zero-order valence-electron chi connectivity index (χ0n) is 21.3. The van der Waals surface area contributed by atoms with Crippen molar-refractivity contribution in [3.05, 3.63) is 46.8 Å². The van der Waals surface area contributed by atoms with E-state index in [1.807, 2.05) is 43.0 Å². The largest absolute Gasteiger partial charge is 0.489 e. The van der Waals surface area contributed by atoms with E-state index in [0.717, 1.165) is 62.4 Å². The first kappa shape index (κ1) is 24.7. The second-order valence-electron chi connectivity index (χ2n) is 10.0. The number of carbonyl (C=O) groups excluding carboxylic acids is 1. The summed E-state index contributed by atoms with van der Waals surface area (Å²) in [6.07, 6.45) is 3.88. The predicted molar refractivity (Wildman–Crippen MR) is 131 cm³/mol. The van der Waals surface area contributed by atoms with E-state index in [9.17, 15) is 4.79 Å². The maximum absolute atomic E-state index is 13.6. The average molecular weight is 470 g/mol. The van der Waals surface area contributed by atoms with Crippen LogP contribution < -0.4 is 4.74 Å². The fourth-order valence-corrected chi connectivity index (χ4v) is 5.38. The Hall–Kier alpha value is -2.38. The molecule has 0 bridgehead atoms. The molecule has 2 fully saturated rings. The molecular formula is C27H39N3O4. The Kier molecular flexibility index (Phi) is 7.63. The van der Waals surface area contributed by atoms with Gasteiger partial charge in [-0.25, -0.2) is 0 Å². The second kappa shape index (κ2) is 10.5. The van der Waals surface area contributed by atoms with Crippen LogP contribution in [0.3, 0.4) is 0 Å². The Bertz CT molecular complexity index is 959. The van der Waals surface area contributed by atoms with Gasteiger partial charge >= 0.3 is 0 Å². The molecule has 1 amide bonds. The monoisotopic (exact) mass is 469 g/mol. The molecule has 3 heterocycles. The second-order valence-corrected chi connectivity index (χ2v) is 10.0. The molecule has 0 aliphatic carbocycles. The van der Waals surface area contributed by atoms with Crippen LogP contribution in [0, 0.1) is 13.8 Å². The number of piperidine rings is 1. The first-order chi connectivity index (χ1) is 16.3. The first-order valence-corrected chi connectivity index (χ1v) is 12.7. The van der Waals surface area contributed by atoms with Gasteiger partial charge in [-0.15, -0.1) is 0 Å². The number of nitrogens with zero attached hydrogens (tertiary/aromatic N) is 3. The zero-order valence-corrected chi connectivity index (χ0v) is 21.3. The van der Waals surface area contributed by atoms with Crippen molar-refractivity contribution in [1.82, 2.24) is 15.0 Å². The SMILES string of the molecule is CCN(C(=O)c1cccc(OCc2c(C)noc2C)c1)C1CCOC2(CCN(C(C)C)CC2)C1. The fourth-order valence-electron chi connectivity index (χ4n) is 5.38. The molecule has 1 spiro atoms. The van der Waals surface area contributed by atoms with Crippen LogP contribution >= 0.6 is 0 Å². The van der Waals surface area contributed by atoms with Crippen LogP contribution in [0.1, 0.15) is 73.8 Å². The van der Waals surface area contributed by atoms with Gasteiger partial charge in [0.2, 0.25) is 0 Å². The van der Waals surface area contributed by atoms with Crippen LogP contribution in [-0.2, 0) is 11.3 Å². The lowest BCUT2D eigenvalue weighted by Crippen LogP contribution is -2.55. The molecule has 7 heteroatoms. The summed E-state index contributed by atoms with van der Waals surface area (Å²) >= 11 is 0. The summed E-state index contributed by atoms with van der Waals surface area (Å²) < 4.78 is 17.6. The molecule has 0 radical (unpaired) electrons. The molecule has 2 aliphatic rings. The Morgan fingerprint density at radius 2 is 2.06 bits per heavy atom. The van der Waals surface area contributed by atoms with Crippen LogP contribution in [-0.4, -0.2) is 64.8 Å². The van der Waals surface area contributed by atoms with E-state index in [1.165, 1.54) is 0 Å². The minimum atomic E-state index is -0.0959. The average Bonchev–Trinajstić information content (AvgIpc) is 3.15. The van der Waals surface area contributed by atoms with E-state index in [0.29, 0.717) is 30.5 Å². The van der Waals surface area contributed by atoms with E-state index < -0.39 is 0 Å². The highest BCUT2D eigenvalue weighted by Crippen LogP contribution is 2.37. The van der Waals surface area contributed by atoms with Gasteiger partial charge in [0.25, 0.3) is 5.91 Å². The highest BCUT2D eigenvalue weighted by molar-refractivity contribution is 5.94. The molecule has 7 nitrogen and oxygen atoms in total. The molecule has 34 heavy (non-hydrogen) atoms. The Morgan fingerprint density at radius 3 is 2.71 bits per heavy atom. The van der Waals surface area contributed by atoms with Gasteiger partial charge in [0.05, 0.1) is 16.9 Å². The molecule has 0 N–H and O–H groups in total. The number of amides is 1. The number of hydrogen-bond acceptors (Lipinski definition) is 6. The van der Waals surface area contributed by atoms with Crippen molar-refractivity contribution in [2.24, 2.45) is 0 Å². The van der Waals surface area contributed by atoms with Crippen molar-refractivity contribution in [3.63, 3.8) is 0 Å². The first-order valence-electron chi connectivity index (χ1n) is 12.7. The lowest BCUT2D eigenvalue weighted by Gasteiger charge is -2.49. The number of carbonyl (C=O) groups is 1. The molecular weight excluding hydrogens is 430 g/mol. The molecule has 2 aromatic rings. The van der Waals surface area contributed by atoms with Crippen molar-refractivity contribution in [2.45, 2.75) is 84.6 Å². The van der Waals surface area contributed by atoms with Crippen molar-refractivity contribution < 1.29 is 18.8 Å². The summed E-state index contributed by atoms with van der Waals surface area (Å²) in [5.41, 5.74) is 2.34. The molecule has 186 valence electrons. The number of aryl methyl sites for hydroxylation is 2. The number of likely N-dealkylation sites (tertiary alicyclic amines) is 1. The van der Waals surface area contributed by atoms with Gasteiger partial charge in [0, 0.05) is 43.9 Å². The summed E-state index contributed by atoms with van der Waals surface area (Å²) in [5, 5.41) is 3.98. The van der Waals surface area contributed by atoms with Crippen LogP contribution in [0.4, 0.5) is 0 Å². The fraction of sp³-hybridized carbons (Fsp3) is 0.630. The van der Waals surface area contributed by atoms with E-state index in [2.05, 4.69) is 30.8 Å². The highest BCUT2D eigenvalue weighted by atomic mass is 16.5. The molecule has 2 aliphatic heterocycles. The van der Waals surface area contributed by atoms with Gasteiger partial charge in [-0.2, -0.15) is 0 Å². The lowest BCUT2D eigenvalue weighted by molar-refractivity contribution is -0.131. The number of ether oxygens (including phenoxy) is 2. The molecule has 1 aromatic heterocycles. The van der Waals surface area contributed by atoms with E-state index in [1.54, 1.807) is 0 Å². The van der Waals surface area contributed by atoms with Crippen LogP contribution in [0.15, 0.2) is 28.8 Å². The van der Waals surface area contributed by atoms with Gasteiger partial charge in [0.1, 0.15) is 18.1 Å². The van der Waals surface area contributed by atoms with Crippen molar-refractivity contribution >= 4 is 5.91 Å². The molecule has 1 unspecified atom stereocenters. The Morgan fingerprint density at radius 1 is 1.29 bits per heavy atom. The van der Waals surface area contributed by atoms with Gasteiger partial charge in [0.15, 0.2) is 0 Å². The topological polar surface area (TPSA) is 68.0 Å². The van der Waals surface area contributed by atoms with Gasteiger partial charge < -0.3 is 23.8 Å². The smallest absolute Gasteiger partial charge is 0.254 e. The summed E-state index contributed by atoms with van der Waals surface area (Å²) in [5.74, 6) is 1.49. The quantitative estimate of drug-likeness (QED) is 0.583. The van der Waals surface area contributed by atoms with Crippen LogP contribution in [0.2, 0.25) is 0 Å². The third-order valence-corrected chi connectivity index (χ3v) is 7.59. The zero-order chi connectivity index (χ0) is 24.3. The van der Waals surface area contributed by atoms with Gasteiger partial charge in [-0.1, -0.05) is 11.2 Å². The van der Waals surface area contributed by atoms with Crippen LogP contribution in [0.5, 0.6) is 5.75 Å². The minimum Gasteiger partial charge on any atom is -0.489 e. The molecule has 4 rings (SSSR count). The Balaban J connectivity index is 1.42. The minimum absolute atomic E-state index is 0.0620. The highest BCUT2D eigenvalue weighted by Gasteiger charge is 2.42. The summed E-state index contributed by atoms with van der Waals surface area (Å²) in [7, 11) is 0. The third-order valence-electron chi connectivity index (χ3n) is 7.59. The summed E-state index contributed by atoms with van der Waals surface area (Å²) in [6, 6.07) is 8.26. The molecule has 1 atom stereocenters. The molecule has 1 aromatic carbocycles. The van der Waals surface area contributed by atoms with Crippen molar-refractivity contribution in [2.75, 3.05) is 26.2 Å². The number of benzene rings is 1. The van der Waals surface area contributed by atoms with Crippen LogP contribution in [0.25, 0.3) is 0 Å².